The topological polar surface area (TPSA) is 23.5 Å². The van der Waals surface area contributed by atoms with Gasteiger partial charge >= 0.3 is 0 Å². The number of aliphatic hydroxyl groups excluding tert-OH is 1. The molecule has 72 valence electrons. The van der Waals surface area contributed by atoms with E-state index < -0.39 is 0 Å². The third-order valence-corrected chi connectivity index (χ3v) is 2.22. The van der Waals surface area contributed by atoms with Gasteiger partial charge in [-0.2, -0.15) is 0 Å². The van der Waals surface area contributed by atoms with Gasteiger partial charge in [0.25, 0.3) is 0 Å². The van der Waals surface area contributed by atoms with Crippen molar-refractivity contribution in [3.63, 3.8) is 0 Å². The molecule has 0 saturated carbocycles. The van der Waals surface area contributed by atoms with E-state index in [1.807, 2.05) is 33.2 Å². The molecule has 0 fully saturated rings. The van der Waals surface area contributed by atoms with Crippen LogP contribution in [-0.4, -0.2) is 25.8 Å². The summed E-state index contributed by atoms with van der Waals surface area (Å²) in [7, 11) is 4.03. The first-order valence-corrected chi connectivity index (χ1v) is 4.54. The number of hydrogen-bond acceptors (Lipinski definition) is 2. The number of nitrogens with zero attached hydrogens (tertiary/aromatic N) is 1. The average Bonchev–Trinajstić information content (AvgIpc) is 2.16. The number of benzene rings is 1. The van der Waals surface area contributed by atoms with Crippen molar-refractivity contribution in [2.45, 2.75) is 12.8 Å². The van der Waals surface area contributed by atoms with Crippen molar-refractivity contribution in [3.8, 4) is 0 Å². The maximum atomic E-state index is 9.08. The van der Waals surface area contributed by atoms with E-state index in [9.17, 15) is 0 Å². The van der Waals surface area contributed by atoms with Crippen molar-refractivity contribution < 1.29 is 5.11 Å². The Morgan fingerprint density at radius 3 is 2.46 bits per heavy atom. The van der Waals surface area contributed by atoms with Crippen LogP contribution in [0.5, 0.6) is 0 Å². The molecule has 1 atom stereocenters. The monoisotopic (exact) mass is 179 g/mol. The fraction of sp³-hybridized carbons (Fsp3) is 0.455. The van der Waals surface area contributed by atoms with Gasteiger partial charge in [-0.05, 0) is 11.6 Å². The second-order valence-electron chi connectivity index (χ2n) is 3.54. The Kier molecular flexibility index (Phi) is 3.32. The normalized spacial score (nSPS) is 12.6. The lowest BCUT2D eigenvalue weighted by atomic mass is 10.00. The number of rotatable bonds is 3. The summed E-state index contributed by atoms with van der Waals surface area (Å²) in [4.78, 5) is 2.07. The summed E-state index contributed by atoms with van der Waals surface area (Å²) in [5, 5.41) is 9.08. The minimum atomic E-state index is 0.199. The van der Waals surface area contributed by atoms with E-state index in [-0.39, 0.29) is 12.5 Å². The summed E-state index contributed by atoms with van der Waals surface area (Å²) in [6.07, 6.45) is 0. The molecule has 2 heteroatoms. The molecule has 13 heavy (non-hydrogen) atoms. The molecule has 1 N–H and O–H groups in total. The summed E-state index contributed by atoms with van der Waals surface area (Å²) in [6.45, 7) is 2.23. The number of anilines is 1. The maximum Gasteiger partial charge on any atom is 0.0497 e. The van der Waals surface area contributed by atoms with E-state index in [4.69, 9.17) is 5.11 Å². The van der Waals surface area contributed by atoms with E-state index in [0.29, 0.717) is 0 Å². The van der Waals surface area contributed by atoms with Crippen LogP contribution in [0.15, 0.2) is 24.3 Å². The van der Waals surface area contributed by atoms with Crippen molar-refractivity contribution in [1.29, 1.82) is 0 Å². The predicted octanol–water partition coefficient (Wildman–Crippen LogP) is 1.85. The fourth-order valence-electron chi connectivity index (χ4n) is 1.41. The highest BCUT2D eigenvalue weighted by molar-refractivity contribution is 5.53. The van der Waals surface area contributed by atoms with Crippen molar-refractivity contribution >= 4 is 5.69 Å². The molecule has 0 spiro atoms. The van der Waals surface area contributed by atoms with Crippen LogP contribution in [0.25, 0.3) is 0 Å². The second kappa shape index (κ2) is 4.28. The second-order valence-corrected chi connectivity index (χ2v) is 3.54. The average molecular weight is 179 g/mol. The highest BCUT2D eigenvalue weighted by Gasteiger charge is 2.09. The Balaban J connectivity index is 3.04. The Morgan fingerprint density at radius 2 is 1.92 bits per heavy atom. The lowest BCUT2D eigenvalue weighted by Crippen LogP contribution is -2.13. The van der Waals surface area contributed by atoms with Gasteiger partial charge in [-0.3, -0.25) is 0 Å². The molecule has 0 aliphatic rings. The van der Waals surface area contributed by atoms with Gasteiger partial charge in [0.05, 0.1) is 0 Å². The largest absolute Gasteiger partial charge is 0.396 e. The minimum absolute atomic E-state index is 0.199. The van der Waals surface area contributed by atoms with Crippen LogP contribution < -0.4 is 4.90 Å². The molecule has 0 radical (unpaired) electrons. The first-order valence-electron chi connectivity index (χ1n) is 4.54. The molecule has 0 bridgehead atoms. The van der Waals surface area contributed by atoms with E-state index in [0.717, 1.165) is 0 Å². The summed E-state index contributed by atoms with van der Waals surface area (Å²) in [5.74, 6) is 0.207. The maximum absolute atomic E-state index is 9.08. The van der Waals surface area contributed by atoms with Crippen LogP contribution in [0, 0.1) is 0 Å². The number of hydrogen-bond donors (Lipinski definition) is 1. The SMILES string of the molecule is C[C@@H](CO)c1ccccc1N(C)C. The summed E-state index contributed by atoms with van der Waals surface area (Å²) >= 11 is 0. The van der Waals surface area contributed by atoms with Crippen LogP contribution in [0.2, 0.25) is 0 Å². The van der Waals surface area contributed by atoms with Crippen LogP contribution in [0.4, 0.5) is 5.69 Å². The van der Waals surface area contributed by atoms with Gasteiger partial charge in [-0.25, -0.2) is 0 Å². The Labute approximate surface area is 79.8 Å². The van der Waals surface area contributed by atoms with E-state index in [2.05, 4.69) is 17.0 Å². The number of para-hydroxylation sites is 1. The standard InChI is InChI=1S/C11H17NO/c1-9(8-13)10-6-4-5-7-11(10)12(2)3/h4-7,9,13H,8H2,1-3H3/t9-/m0/s1. The molecule has 0 aromatic heterocycles. The van der Waals surface area contributed by atoms with Crippen LogP contribution in [0.1, 0.15) is 18.4 Å². The van der Waals surface area contributed by atoms with Crippen LogP contribution >= 0.6 is 0 Å². The zero-order chi connectivity index (χ0) is 9.84. The zero-order valence-electron chi connectivity index (χ0n) is 8.49. The molecular formula is C11H17NO. The highest BCUT2D eigenvalue weighted by atomic mass is 16.3. The van der Waals surface area contributed by atoms with Gasteiger partial charge in [-0.15, -0.1) is 0 Å². The molecule has 0 aliphatic carbocycles. The molecule has 0 aliphatic heterocycles. The first-order chi connectivity index (χ1) is 6.16. The minimum Gasteiger partial charge on any atom is -0.396 e. The third kappa shape index (κ3) is 2.22. The summed E-state index contributed by atoms with van der Waals surface area (Å²) in [6, 6.07) is 8.16. The fourth-order valence-corrected chi connectivity index (χ4v) is 1.41. The molecule has 0 heterocycles. The lowest BCUT2D eigenvalue weighted by Gasteiger charge is -2.20. The van der Waals surface area contributed by atoms with Crippen molar-refractivity contribution in [2.75, 3.05) is 25.6 Å². The van der Waals surface area contributed by atoms with E-state index >= 15 is 0 Å². The van der Waals surface area contributed by atoms with Crippen LogP contribution in [0.3, 0.4) is 0 Å². The zero-order valence-corrected chi connectivity index (χ0v) is 8.49. The van der Waals surface area contributed by atoms with Gasteiger partial charge in [0.2, 0.25) is 0 Å². The molecule has 2 nitrogen and oxygen atoms in total. The summed E-state index contributed by atoms with van der Waals surface area (Å²) < 4.78 is 0. The molecule has 0 amide bonds. The Morgan fingerprint density at radius 1 is 1.31 bits per heavy atom. The first kappa shape index (κ1) is 10.1. The van der Waals surface area contributed by atoms with E-state index in [1.165, 1.54) is 11.3 Å². The lowest BCUT2D eigenvalue weighted by molar-refractivity contribution is 0.273. The molecular weight excluding hydrogens is 162 g/mol. The van der Waals surface area contributed by atoms with Gasteiger partial charge in [0.15, 0.2) is 0 Å². The van der Waals surface area contributed by atoms with Gasteiger partial charge in [0, 0.05) is 32.3 Å². The van der Waals surface area contributed by atoms with Gasteiger partial charge in [0.1, 0.15) is 0 Å². The molecule has 0 unspecified atom stereocenters. The Bertz CT molecular complexity index is 271. The third-order valence-electron chi connectivity index (χ3n) is 2.22. The molecule has 1 rings (SSSR count). The molecule has 0 saturated heterocycles. The van der Waals surface area contributed by atoms with Gasteiger partial charge in [-0.1, -0.05) is 25.1 Å². The quantitative estimate of drug-likeness (QED) is 0.765. The van der Waals surface area contributed by atoms with Crippen molar-refractivity contribution in [1.82, 2.24) is 0 Å². The Hall–Kier alpha value is -1.02. The highest BCUT2D eigenvalue weighted by Crippen LogP contribution is 2.25. The van der Waals surface area contributed by atoms with Gasteiger partial charge < -0.3 is 10.0 Å². The van der Waals surface area contributed by atoms with E-state index in [1.54, 1.807) is 0 Å². The van der Waals surface area contributed by atoms with Crippen molar-refractivity contribution in [3.05, 3.63) is 29.8 Å². The van der Waals surface area contributed by atoms with Crippen LogP contribution in [-0.2, 0) is 0 Å². The van der Waals surface area contributed by atoms with Crippen molar-refractivity contribution in [2.24, 2.45) is 0 Å². The molecule has 1 aromatic rings. The molecule has 1 aromatic carbocycles. The predicted molar refractivity (Wildman–Crippen MR) is 56.3 cm³/mol. The summed E-state index contributed by atoms with van der Waals surface area (Å²) in [5.41, 5.74) is 2.39. The smallest absolute Gasteiger partial charge is 0.0497 e. The number of aliphatic hydroxyl groups is 1.